The molecule has 0 saturated carbocycles. The first-order chi connectivity index (χ1) is 7.54. The fourth-order valence-electron chi connectivity index (χ4n) is 1.65. The van der Waals surface area contributed by atoms with Crippen LogP contribution in [0, 0.1) is 0 Å². The van der Waals surface area contributed by atoms with Crippen LogP contribution in [-0.2, 0) is 4.74 Å². The Hall–Kier alpha value is -1.59. The van der Waals surface area contributed by atoms with Crippen molar-refractivity contribution in [2.45, 2.75) is 19.3 Å². The Morgan fingerprint density at radius 3 is 2.88 bits per heavy atom. The maximum Gasteiger partial charge on any atom is 0.339 e. The predicted octanol–water partition coefficient (Wildman–Crippen LogP) is 1.07. The van der Waals surface area contributed by atoms with E-state index in [0.717, 1.165) is 6.07 Å². The molecule has 5 heteroatoms. The van der Waals surface area contributed by atoms with E-state index in [1.807, 2.05) is 0 Å². The van der Waals surface area contributed by atoms with Gasteiger partial charge in [-0.25, -0.2) is 4.79 Å². The van der Waals surface area contributed by atoms with Gasteiger partial charge in [-0.3, -0.25) is 0 Å². The minimum atomic E-state index is -1.17. The van der Waals surface area contributed by atoms with E-state index in [9.17, 15) is 9.90 Å². The maximum atomic E-state index is 11.3. The molecule has 2 unspecified atom stereocenters. The number of hydrogen-bond donors (Lipinski definition) is 1. The number of methoxy groups -OCH3 is 1. The molecule has 1 aromatic rings. The molecule has 0 fully saturated rings. The Balaban J connectivity index is 2.70. The van der Waals surface area contributed by atoms with Crippen LogP contribution in [0.3, 0.4) is 0 Å². The Bertz CT molecular complexity index is 488. The summed E-state index contributed by atoms with van der Waals surface area (Å²) in [5.74, 6) is 0.488. The Labute approximate surface area is 91.9 Å². The van der Waals surface area contributed by atoms with E-state index < -0.39 is 18.0 Å². The zero-order valence-electron chi connectivity index (χ0n) is 9.02. The lowest BCUT2D eigenvalue weighted by Gasteiger charge is -2.28. The quantitative estimate of drug-likeness (QED) is 0.772. The van der Waals surface area contributed by atoms with Crippen molar-refractivity contribution in [3.05, 3.63) is 34.4 Å². The van der Waals surface area contributed by atoms with E-state index in [2.05, 4.69) is 6.58 Å². The van der Waals surface area contributed by atoms with Gasteiger partial charge in [-0.15, -0.1) is 0 Å². The number of fused-ring (bicyclic) bond motifs is 1. The van der Waals surface area contributed by atoms with Crippen molar-refractivity contribution in [2.24, 2.45) is 0 Å². The smallest absolute Gasteiger partial charge is 0.339 e. The second-order valence-electron chi connectivity index (χ2n) is 3.53. The van der Waals surface area contributed by atoms with E-state index in [-0.39, 0.29) is 11.5 Å². The average molecular weight is 224 g/mol. The van der Waals surface area contributed by atoms with Crippen molar-refractivity contribution in [3.63, 3.8) is 0 Å². The lowest BCUT2D eigenvalue weighted by molar-refractivity contribution is -0.126. The molecule has 0 aromatic carbocycles. The van der Waals surface area contributed by atoms with E-state index in [4.69, 9.17) is 13.9 Å². The van der Waals surface area contributed by atoms with Gasteiger partial charge < -0.3 is 19.0 Å². The number of rotatable bonds is 1. The molecule has 2 rings (SSSR count). The molecule has 0 spiro atoms. The molecule has 0 saturated heterocycles. The summed E-state index contributed by atoms with van der Waals surface area (Å²) in [5.41, 5.74) is 0.277. The Morgan fingerprint density at radius 1 is 1.56 bits per heavy atom. The zero-order chi connectivity index (χ0) is 11.9. The van der Waals surface area contributed by atoms with E-state index >= 15 is 0 Å². The van der Waals surface area contributed by atoms with Crippen molar-refractivity contribution in [1.82, 2.24) is 0 Å². The summed E-state index contributed by atoms with van der Waals surface area (Å²) in [6.07, 6.45) is -1.58. The van der Waals surface area contributed by atoms with Crippen molar-refractivity contribution >= 4 is 5.57 Å². The minimum absolute atomic E-state index is 0.242. The van der Waals surface area contributed by atoms with Crippen molar-refractivity contribution in [1.29, 1.82) is 0 Å². The van der Waals surface area contributed by atoms with E-state index in [1.165, 1.54) is 7.11 Å². The molecule has 0 radical (unpaired) electrons. The fourth-order valence-corrected chi connectivity index (χ4v) is 1.65. The molecular weight excluding hydrogens is 212 g/mol. The summed E-state index contributed by atoms with van der Waals surface area (Å²) >= 11 is 0. The molecule has 0 bridgehead atoms. The number of hydrogen-bond acceptors (Lipinski definition) is 5. The van der Waals surface area contributed by atoms with Gasteiger partial charge in [-0.2, -0.15) is 0 Å². The first kappa shape index (κ1) is 10.9. The van der Waals surface area contributed by atoms with Crippen LogP contribution < -0.4 is 10.4 Å². The van der Waals surface area contributed by atoms with Gasteiger partial charge in [0.1, 0.15) is 11.5 Å². The van der Waals surface area contributed by atoms with Crippen molar-refractivity contribution in [2.75, 3.05) is 7.11 Å². The van der Waals surface area contributed by atoms with Gasteiger partial charge in [0.2, 0.25) is 0 Å². The first-order valence-corrected chi connectivity index (χ1v) is 4.79. The number of ether oxygens (including phenoxy) is 2. The molecule has 2 heterocycles. The molecular formula is C11H12O5. The van der Waals surface area contributed by atoms with E-state index in [1.54, 1.807) is 6.92 Å². The monoisotopic (exact) mass is 224 g/mol. The maximum absolute atomic E-state index is 11.3. The van der Waals surface area contributed by atoms with Crippen molar-refractivity contribution < 1.29 is 19.0 Å². The third-order valence-electron chi connectivity index (χ3n) is 2.54. The molecule has 16 heavy (non-hydrogen) atoms. The van der Waals surface area contributed by atoms with Crippen LogP contribution in [0.1, 0.15) is 24.5 Å². The highest BCUT2D eigenvalue weighted by Crippen LogP contribution is 2.38. The summed E-state index contributed by atoms with van der Waals surface area (Å²) in [6, 6.07) is 1.16. The third-order valence-corrected chi connectivity index (χ3v) is 2.54. The second kappa shape index (κ2) is 3.77. The zero-order valence-corrected chi connectivity index (χ0v) is 9.02. The molecule has 1 aromatic heterocycles. The molecule has 1 aliphatic heterocycles. The number of aliphatic hydroxyl groups excluding tert-OH is 1. The van der Waals surface area contributed by atoms with Crippen LogP contribution in [0.2, 0.25) is 0 Å². The van der Waals surface area contributed by atoms with Gasteiger partial charge in [0, 0.05) is 5.57 Å². The van der Waals surface area contributed by atoms with Crippen LogP contribution in [0.5, 0.6) is 5.75 Å². The summed E-state index contributed by atoms with van der Waals surface area (Å²) in [4.78, 5) is 11.3. The van der Waals surface area contributed by atoms with Gasteiger partial charge in [0.15, 0.2) is 6.29 Å². The Kier molecular flexibility index (Phi) is 2.57. The number of aliphatic hydroxyl groups is 1. The lowest BCUT2D eigenvalue weighted by Crippen LogP contribution is -2.24. The summed E-state index contributed by atoms with van der Waals surface area (Å²) in [7, 11) is 1.41. The average Bonchev–Trinajstić information content (AvgIpc) is 2.24. The van der Waals surface area contributed by atoms with Gasteiger partial charge in [0.25, 0.3) is 0 Å². The normalized spacial score (nSPS) is 24.1. The minimum Gasteiger partial charge on any atom is -0.496 e. The van der Waals surface area contributed by atoms with Crippen LogP contribution in [-0.4, -0.2) is 18.3 Å². The van der Waals surface area contributed by atoms with Crippen LogP contribution >= 0.6 is 0 Å². The highest BCUT2D eigenvalue weighted by atomic mass is 16.6. The summed E-state index contributed by atoms with van der Waals surface area (Å²) in [5, 5.41) is 9.75. The summed E-state index contributed by atoms with van der Waals surface area (Å²) < 4.78 is 15.2. The molecule has 1 aliphatic rings. The lowest BCUT2D eigenvalue weighted by atomic mass is 10.0. The molecule has 2 atom stereocenters. The third kappa shape index (κ3) is 1.54. The summed E-state index contributed by atoms with van der Waals surface area (Å²) in [6.45, 7) is 5.48. The first-order valence-electron chi connectivity index (χ1n) is 4.79. The topological polar surface area (TPSA) is 68.9 Å². The van der Waals surface area contributed by atoms with Crippen LogP contribution in [0.25, 0.3) is 5.57 Å². The largest absolute Gasteiger partial charge is 0.496 e. The van der Waals surface area contributed by atoms with E-state index in [0.29, 0.717) is 11.1 Å². The standard InChI is InChI=1S/C11H12O5/c1-5-6(2)15-11(13)9-7(14-3)4-8(12)16-10(5)9/h4,6,11,13H,1H2,2-3H3. The molecule has 0 amide bonds. The van der Waals surface area contributed by atoms with Gasteiger partial charge in [-0.05, 0) is 6.92 Å². The highest BCUT2D eigenvalue weighted by Gasteiger charge is 2.32. The fraction of sp³-hybridized carbons (Fsp3) is 0.364. The van der Waals surface area contributed by atoms with Crippen LogP contribution in [0.4, 0.5) is 0 Å². The predicted molar refractivity (Wildman–Crippen MR) is 56.1 cm³/mol. The van der Waals surface area contributed by atoms with Gasteiger partial charge in [-0.1, -0.05) is 6.58 Å². The molecule has 1 N–H and O–H groups in total. The second-order valence-corrected chi connectivity index (χ2v) is 3.53. The Morgan fingerprint density at radius 2 is 2.25 bits per heavy atom. The van der Waals surface area contributed by atoms with Crippen LogP contribution in [0.15, 0.2) is 21.9 Å². The highest BCUT2D eigenvalue weighted by molar-refractivity contribution is 5.68. The van der Waals surface area contributed by atoms with Crippen molar-refractivity contribution in [3.8, 4) is 5.75 Å². The van der Waals surface area contributed by atoms with Gasteiger partial charge >= 0.3 is 5.63 Å². The SMILES string of the molecule is C=C1c2oc(=O)cc(OC)c2C(O)OC1C. The van der Waals surface area contributed by atoms with Gasteiger partial charge in [0.05, 0.1) is 24.8 Å². The molecule has 5 nitrogen and oxygen atoms in total. The molecule has 0 aliphatic carbocycles. The molecule has 86 valence electrons.